The molecule has 6 heteroatoms. The average Bonchev–Trinajstić information content (AvgIpc) is 2.44. The van der Waals surface area contributed by atoms with Gasteiger partial charge >= 0.3 is 6.09 Å². The molecule has 0 bridgehead atoms. The van der Waals surface area contributed by atoms with Gasteiger partial charge in [0, 0.05) is 0 Å². The van der Waals surface area contributed by atoms with Crippen molar-refractivity contribution in [2.45, 2.75) is 6.61 Å². The largest absolute Gasteiger partial charge is 0.444 e. The lowest BCUT2D eigenvalue weighted by molar-refractivity contribution is 0.155. The van der Waals surface area contributed by atoms with Gasteiger partial charge in [-0.05, 0) is 17.7 Å². The molecule has 0 heterocycles. The van der Waals surface area contributed by atoms with Gasteiger partial charge in [0.25, 0.3) is 0 Å². The third-order valence-electron chi connectivity index (χ3n) is 2.54. The molecule has 3 N–H and O–H groups in total. The van der Waals surface area contributed by atoms with Crippen LogP contribution in [0, 0.1) is 0 Å². The molecule has 0 atom stereocenters. The minimum Gasteiger partial charge on any atom is -0.444 e. The van der Waals surface area contributed by atoms with Crippen LogP contribution in [0.5, 0.6) is 0 Å². The summed E-state index contributed by atoms with van der Waals surface area (Å²) in [4.78, 5) is 11.7. The number of nitrogens with two attached hydrogens (primary N) is 1. The van der Waals surface area contributed by atoms with Crippen LogP contribution in [0.4, 0.5) is 16.2 Å². The normalized spacial score (nSPS) is 10.1. The third kappa shape index (κ3) is 3.79. The van der Waals surface area contributed by atoms with E-state index in [2.05, 4.69) is 5.32 Å². The Morgan fingerprint density at radius 1 is 1.15 bits per heavy atom. The topological polar surface area (TPSA) is 64.3 Å². The third-order valence-corrected chi connectivity index (χ3v) is 3.26. The van der Waals surface area contributed by atoms with Gasteiger partial charge < -0.3 is 10.5 Å². The number of ether oxygens (including phenoxy) is 1. The molecule has 0 aliphatic carbocycles. The lowest BCUT2D eigenvalue weighted by Gasteiger charge is -2.10. The van der Waals surface area contributed by atoms with E-state index in [-0.39, 0.29) is 6.61 Å². The maximum Gasteiger partial charge on any atom is 0.412 e. The predicted octanol–water partition coefficient (Wildman–Crippen LogP) is 4.32. The Morgan fingerprint density at radius 2 is 1.80 bits per heavy atom. The first-order chi connectivity index (χ1) is 9.56. The number of hydrogen-bond donors (Lipinski definition) is 2. The van der Waals surface area contributed by atoms with Gasteiger partial charge in [0.1, 0.15) is 6.61 Å². The Balaban J connectivity index is 1.97. The number of halogens is 2. The van der Waals surface area contributed by atoms with Crippen molar-refractivity contribution in [1.29, 1.82) is 0 Å². The number of hydrogen-bond acceptors (Lipinski definition) is 3. The van der Waals surface area contributed by atoms with Crippen LogP contribution in [0.25, 0.3) is 0 Å². The van der Waals surface area contributed by atoms with Gasteiger partial charge in [0.15, 0.2) is 0 Å². The Morgan fingerprint density at radius 3 is 2.50 bits per heavy atom. The summed E-state index contributed by atoms with van der Waals surface area (Å²) in [5.74, 6) is 0. The highest BCUT2D eigenvalue weighted by Crippen LogP contribution is 2.30. The summed E-state index contributed by atoms with van der Waals surface area (Å²) in [6.07, 6.45) is -0.612. The summed E-state index contributed by atoms with van der Waals surface area (Å²) in [5.41, 5.74) is 7.30. The van der Waals surface area contributed by atoms with E-state index in [9.17, 15) is 4.79 Å². The minimum atomic E-state index is -0.612. The molecule has 0 aliphatic rings. The number of carbonyl (C=O) groups is 1. The van der Waals surface area contributed by atoms with Crippen LogP contribution in [0.3, 0.4) is 0 Å². The number of benzene rings is 2. The summed E-state index contributed by atoms with van der Waals surface area (Å²) < 4.78 is 5.08. The lowest BCUT2D eigenvalue weighted by atomic mass is 10.2. The van der Waals surface area contributed by atoms with Crippen molar-refractivity contribution in [3.63, 3.8) is 0 Å². The van der Waals surface area contributed by atoms with Gasteiger partial charge in [-0.3, -0.25) is 5.32 Å². The SMILES string of the molecule is Nc1cc(Cl)c(Cl)cc1NC(=O)OCc1ccccc1. The molecule has 0 unspecified atom stereocenters. The van der Waals surface area contributed by atoms with Crippen molar-refractivity contribution in [1.82, 2.24) is 0 Å². The predicted molar refractivity (Wildman–Crippen MR) is 81.1 cm³/mol. The van der Waals surface area contributed by atoms with Crippen LogP contribution in [-0.4, -0.2) is 6.09 Å². The standard InChI is InChI=1S/C14H12Cl2N2O2/c15-10-6-12(17)13(7-11(10)16)18-14(19)20-8-9-4-2-1-3-5-9/h1-7H,8,17H2,(H,18,19). The smallest absolute Gasteiger partial charge is 0.412 e. The van der Waals surface area contributed by atoms with Crippen LogP contribution in [-0.2, 0) is 11.3 Å². The van der Waals surface area contributed by atoms with Crippen molar-refractivity contribution < 1.29 is 9.53 Å². The number of nitrogens with one attached hydrogen (secondary N) is 1. The second-order valence-corrected chi connectivity index (χ2v) is 4.85. The Labute approximate surface area is 126 Å². The Bertz CT molecular complexity index is 618. The first-order valence-corrected chi connectivity index (χ1v) is 6.54. The molecule has 2 aromatic rings. The molecular formula is C14H12Cl2N2O2. The van der Waals surface area contributed by atoms with Gasteiger partial charge in [-0.25, -0.2) is 4.79 Å². The summed E-state index contributed by atoms with van der Waals surface area (Å²) in [6.45, 7) is 0.175. The molecule has 1 amide bonds. The first kappa shape index (κ1) is 14.5. The molecule has 2 aromatic carbocycles. The van der Waals surface area contributed by atoms with Crippen LogP contribution in [0.15, 0.2) is 42.5 Å². The summed E-state index contributed by atoms with van der Waals surface area (Å²) in [6, 6.07) is 12.3. The molecule has 0 radical (unpaired) electrons. The molecule has 0 aliphatic heterocycles. The van der Waals surface area contributed by atoms with E-state index in [1.807, 2.05) is 30.3 Å². The summed E-state index contributed by atoms with van der Waals surface area (Å²) in [7, 11) is 0. The Kier molecular flexibility index (Phi) is 4.71. The van der Waals surface area contributed by atoms with Crippen LogP contribution in [0.2, 0.25) is 10.0 Å². The number of rotatable bonds is 3. The van der Waals surface area contributed by atoms with Crippen LogP contribution < -0.4 is 11.1 Å². The fourth-order valence-corrected chi connectivity index (χ4v) is 1.88. The maximum absolute atomic E-state index is 11.7. The van der Waals surface area contributed by atoms with Gasteiger partial charge in [0.05, 0.1) is 21.4 Å². The molecule has 20 heavy (non-hydrogen) atoms. The fourth-order valence-electron chi connectivity index (χ4n) is 1.54. The van der Waals surface area contributed by atoms with Crippen LogP contribution >= 0.6 is 23.2 Å². The second kappa shape index (κ2) is 6.50. The van der Waals surface area contributed by atoms with Crippen molar-refractivity contribution in [2.24, 2.45) is 0 Å². The number of amides is 1. The number of nitrogen functional groups attached to an aromatic ring is 1. The molecule has 4 nitrogen and oxygen atoms in total. The van der Waals surface area contributed by atoms with Crippen molar-refractivity contribution in [2.75, 3.05) is 11.1 Å². The van der Waals surface area contributed by atoms with E-state index in [0.29, 0.717) is 21.4 Å². The molecule has 0 spiro atoms. The summed E-state index contributed by atoms with van der Waals surface area (Å²) in [5, 5.41) is 3.15. The second-order valence-electron chi connectivity index (χ2n) is 4.04. The zero-order valence-electron chi connectivity index (χ0n) is 10.4. The lowest BCUT2D eigenvalue weighted by Crippen LogP contribution is -2.14. The van der Waals surface area contributed by atoms with Crippen molar-refractivity contribution in [3.8, 4) is 0 Å². The Hall–Kier alpha value is -1.91. The molecule has 2 rings (SSSR count). The minimum absolute atomic E-state index is 0.175. The molecule has 0 saturated carbocycles. The number of anilines is 2. The molecule has 0 saturated heterocycles. The molecule has 0 fully saturated rings. The van der Waals surface area contributed by atoms with Crippen LogP contribution in [0.1, 0.15) is 5.56 Å². The van der Waals surface area contributed by atoms with E-state index < -0.39 is 6.09 Å². The van der Waals surface area contributed by atoms with E-state index >= 15 is 0 Å². The number of carbonyl (C=O) groups excluding carboxylic acids is 1. The average molecular weight is 311 g/mol. The van der Waals surface area contributed by atoms with E-state index in [0.717, 1.165) is 5.56 Å². The van der Waals surface area contributed by atoms with Gasteiger partial charge in [0.2, 0.25) is 0 Å². The highest BCUT2D eigenvalue weighted by molar-refractivity contribution is 6.42. The zero-order chi connectivity index (χ0) is 14.5. The summed E-state index contributed by atoms with van der Waals surface area (Å²) >= 11 is 11.7. The monoisotopic (exact) mass is 310 g/mol. The van der Waals surface area contributed by atoms with E-state index in [1.165, 1.54) is 12.1 Å². The zero-order valence-corrected chi connectivity index (χ0v) is 11.9. The van der Waals surface area contributed by atoms with Gasteiger partial charge in [-0.15, -0.1) is 0 Å². The van der Waals surface area contributed by atoms with Crippen molar-refractivity contribution in [3.05, 3.63) is 58.1 Å². The molecular weight excluding hydrogens is 299 g/mol. The molecule has 104 valence electrons. The van der Waals surface area contributed by atoms with Gasteiger partial charge in [-0.1, -0.05) is 53.5 Å². The van der Waals surface area contributed by atoms with Gasteiger partial charge in [-0.2, -0.15) is 0 Å². The maximum atomic E-state index is 11.7. The quantitative estimate of drug-likeness (QED) is 0.830. The molecule has 0 aromatic heterocycles. The fraction of sp³-hybridized carbons (Fsp3) is 0.0714. The van der Waals surface area contributed by atoms with E-state index in [4.69, 9.17) is 33.7 Å². The van der Waals surface area contributed by atoms with E-state index in [1.54, 1.807) is 0 Å². The van der Waals surface area contributed by atoms with Crippen molar-refractivity contribution >= 4 is 40.7 Å². The highest BCUT2D eigenvalue weighted by Gasteiger charge is 2.09. The highest BCUT2D eigenvalue weighted by atomic mass is 35.5. The first-order valence-electron chi connectivity index (χ1n) is 5.78.